The van der Waals surface area contributed by atoms with Crippen molar-refractivity contribution in [3.63, 3.8) is 0 Å². The first-order valence-electron chi connectivity index (χ1n) is 8.39. The van der Waals surface area contributed by atoms with Gasteiger partial charge in [0.2, 0.25) is 0 Å². The van der Waals surface area contributed by atoms with Gasteiger partial charge in [-0.3, -0.25) is 4.68 Å². The van der Waals surface area contributed by atoms with Gasteiger partial charge in [0.1, 0.15) is 0 Å². The van der Waals surface area contributed by atoms with Crippen LogP contribution in [0.15, 0.2) is 6.20 Å². The van der Waals surface area contributed by atoms with Crippen molar-refractivity contribution in [1.29, 1.82) is 0 Å². The van der Waals surface area contributed by atoms with Crippen LogP contribution in [0.2, 0.25) is 0 Å². The monoisotopic (exact) mass is 273 g/mol. The minimum absolute atomic E-state index is 0.438. The number of nitrogens with zero attached hydrogens (tertiary/aromatic N) is 2. The summed E-state index contributed by atoms with van der Waals surface area (Å²) in [6, 6.07) is 1.20. The van der Waals surface area contributed by atoms with Gasteiger partial charge in [-0.2, -0.15) is 5.10 Å². The van der Waals surface area contributed by atoms with Gasteiger partial charge in [-0.05, 0) is 63.2 Å². The van der Waals surface area contributed by atoms with Gasteiger partial charge in [0.05, 0.1) is 6.20 Å². The second-order valence-electron chi connectivity index (χ2n) is 7.46. The van der Waals surface area contributed by atoms with E-state index in [0.717, 1.165) is 29.7 Å². The van der Waals surface area contributed by atoms with Crippen LogP contribution in [0.3, 0.4) is 0 Å². The highest BCUT2D eigenvalue weighted by atomic mass is 15.3. The summed E-state index contributed by atoms with van der Waals surface area (Å²) in [6.45, 7) is 4.48. The summed E-state index contributed by atoms with van der Waals surface area (Å²) in [7, 11) is 2.03. The molecule has 0 amide bonds. The fourth-order valence-corrected chi connectivity index (χ4v) is 5.61. The third kappa shape index (κ3) is 1.78. The standard InChI is InChI=1S/C17H27N3/c1-10(16-9-18-20(3)11(16)2)19-17-8-12-7-15(17)14-6-4-5-13(12)14/h9-10,12-15,17,19H,4-8H2,1-3H3. The Bertz CT molecular complexity index is 506. The van der Waals surface area contributed by atoms with Gasteiger partial charge in [0.25, 0.3) is 0 Å². The van der Waals surface area contributed by atoms with Crippen molar-refractivity contribution in [2.45, 2.75) is 58.0 Å². The largest absolute Gasteiger partial charge is 0.307 e. The van der Waals surface area contributed by atoms with Crippen molar-refractivity contribution in [3.8, 4) is 0 Å². The van der Waals surface area contributed by atoms with Crippen molar-refractivity contribution in [3.05, 3.63) is 17.5 Å². The van der Waals surface area contributed by atoms with Crippen molar-refractivity contribution >= 4 is 0 Å². The number of nitrogens with one attached hydrogen (secondary N) is 1. The topological polar surface area (TPSA) is 29.9 Å². The molecular formula is C17H27N3. The van der Waals surface area contributed by atoms with E-state index < -0.39 is 0 Å². The van der Waals surface area contributed by atoms with Crippen LogP contribution in [0.4, 0.5) is 0 Å². The van der Waals surface area contributed by atoms with Crippen LogP contribution in [0.1, 0.15) is 56.3 Å². The van der Waals surface area contributed by atoms with E-state index in [0.29, 0.717) is 6.04 Å². The van der Waals surface area contributed by atoms with E-state index in [2.05, 4.69) is 24.3 Å². The number of hydrogen-bond acceptors (Lipinski definition) is 2. The molecule has 3 saturated carbocycles. The Morgan fingerprint density at radius 2 is 2.05 bits per heavy atom. The first-order chi connectivity index (χ1) is 9.65. The summed E-state index contributed by atoms with van der Waals surface area (Å²) in [5.41, 5.74) is 2.67. The maximum atomic E-state index is 4.39. The number of rotatable bonds is 3. The molecule has 3 heteroatoms. The Kier molecular flexibility index (Phi) is 2.95. The Balaban J connectivity index is 1.47. The van der Waals surface area contributed by atoms with Crippen LogP contribution in [0, 0.1) is 30.6 Å². The maximum Gasteiger partial charge on any atom is 0.0540 e. The van der Waals surface area contributed by atoms with Crippen molar-refractivity contribution in [1.82, 2.24) is 15.1 Å². The highest BCUT2D eigenvalue weighted by molar-refractivity contribution is 5.20. The number of fused-ring (bicyclic) bond motifs is 5. The molecule has 3 aliphatic carbocycles. The maximum absolute atomic E-state index is 4.39. The van der Waals surface area contributed by atoms with Gasteiger partial charge in [-0.25, -0.2) is 0 Å². The molecule has 6 atom stereocenters. The van der Waals surface area contributed by atoms with Gasteiger partial charge >= 0.3 is 0 Å². The second-order valence-corrected chi connectivity index (χ2v) is 7.46. The molecule has 3 nitrogen and oxygen atoms in total. The Labute approximate surface area is 122 Å². The van der Waals surface area contributed by atoms with E-state index in [4.69, 9.17) is 0 Å². The average Bonchev–Trinajstić information content (AvgIpc) is 3.13. The smallest absolute Gasteiger partial charge is 0.0540 e. The molecule has 0 aliphatic heterocycles. The predicted octanol–water partition coefficient (Wildman–Crippen LogP) is 3.20. The van der Waals surface area contributed by atoms with E-state index in [1.54, 1.807) is 0 Å². The quantitative estimate of drug-likeness (QED) is 0.916. The average molecular weight is 273 g/mol. The van der Waals surface area contributed by atoms with E-state index in [1.807, 2.05) is 17.9 Å². The van der Waals surface area contributed by atoms with Gasteiger partial charge in [0, 0.05) is 30.4 Å². The summed E-state index contributed by atoms with van der Waals surface area (Å²) in [5, 5.41) is 8.33. The molecule has 0 saturated heterocycles. The zero-order valence-corrected chi connectivity index (χ0v) is 13.0. The lowest BCUT2D eigenvalue weighted by atomic mass is 9.79. The third-order valence-corrected chi connectivity index (χ3v) is 6.63. The summed E-state index contributed by atoms with van der Waals surface area (Å²) < 4.78 is 1.99. The minimum atomic E-state index is 0.438. The number of hydrogen-bond donors (Lipinski definition) is 1. The molecular weight excluding hydrogens is 246 g/mol. The van der Waals surface area contributed by atoms with Crippen molar-refractivity contribution < 1.29 is 0 Å². The highest BCUT2D eigenvalue weighted by Crippen LogP contribution is 2.58. The lowest BCUT2D eigenvalue weighted by molar-refractivity contribution is 0.200. The molecule has 6 unspecified atom stereocenters. The molecule has 4 rings (SSSR count). The molecule has 1 aromatic rings. The Morgan fingerprint density at radius 1 is 1.25 bits per heavy atom. The highest BCUT2D eigenvalue weighted by Gasteiger charge is 2.53. The lowest BCUT2D eigenvalue weighted by Crippen LogP contribution is -2.40. The first kappa shape index (κ1) is 12.9. The van der Waals surface area contributed by atoms with Gasteiger partial charge in [-0.15, -0.1) is 0 Å². The van der Waals surface area contributed by atoms with Gasteiger partial charge < -0.3 is 5.32 Å². The fourth-order valence-electron chi connectivity index (χ4n) is 5.61. The number of aromatic nitrogens is 2. The first-order valence-corrected chi connectivity index (χ1v) is 8.39. The molecule has 1 aromatic heterocycles. The van der Waals surface area contributed by atoms with Gasteiger partial charge in [0.15, 0.2) is 0 Å². The molecule has 3 aliphatic rings. The minimum Gasteiger partial charge on any atom is -0.307 e. The SMILES string of the molecule is Cc1c(C(C)NC2CC3CC2C2CCCC32)cnn1C. The Morgan fingerprint density at radius 3 is 2.80 bits per heavy atom. The van der Waals surface area contributed by atoms with E-state index >= 15 is 0 Å². The van der Waals surface area contributed by atoms with Crippen LogP contribution >= 0.6 is 0 Å². The van der Waals surface area contributed by atoms with E-state index in [-0.39, 0.29) is 0 Å². The van der Waals surface area contributed by atoms with E-state index in [1.165, 1.54) is 43.4 Å². The molecule has 0 radical (unpaired) electrons. The zero-order chi connectivity index (χ0) is 13.9. The number of aryl methyl sites for hydroxylation is 1. The van der Waals surface area contributed by atoms with Gasteiger partial charge in [-0.1, -0.05) is 6.42 Å². The molecule has 0 spiro atoms. The second kappa shape index (κ2) is 4.59. The normalized spacial score (nSPS) is 40.2. The van der Waals surface area contributed by atoms with Crippen LogP contribution in [-0.4, -0.2) is 15.8 Å². The summed E-state index contributed by atoms with van der Waals surface area (Å²) in [5.74, 6) is 4.14. The zero-order valence-electron chi connectivity index (χ0n) is 13.0. The van der Waals surface area contributed by atoms with Crippen LogP contribution in [0.25, 0.3) is 0 Å². The Hall–Kier alpha value is -0.830. The molecule has 2 bridgehead atoms. The third-order valence-electron chi connectivity index (χ3n) is 6.63. The van der Waals surface area contributed by atoms with Crippen molar-refractivity contribution in [2.75, 3.05) is 0 Å². The van der Waals surface area contributed by atoms with E-state index in [9.17, 15) is 0 Å². The van der Waals surface area contributed by atoms with Crippen molar-refractivity contribution in [2.24, 2.45) is 30.7 Å². The lowest BCUT2D eigenvalue weighted by Gasteiger charge is -2.34. The summed E-state index contributed by atoms with van der Waals surface area (Å²) >= 11 is 0. The summed E-state index contributed by atoms with van der Waals surface area (Å²) in [6.07, 6.45) is 9.49. The molecule has 1 N–H and O–H groups in total. The van der Waals surface area contributed by atoms with Crippen LogP contribution < -0.4 is 5.32 Å². The molecule has 1 heterocycles. The van der Waals surface area contributed by atoms with Crippen LogP contribution in [0.5, 0.6) is 0 Å². The molecule has 3 fully saturated rings. The molecule has 20 heavy (non-hydrogen) atoms. The predicted molar refractivity (Wildman–Crippen MR) is 80.3 cm³/mol. The van der Waals surface area contributed by atoms with Crippen LogP contribution in [-0.2, 0) is 7.05 Å². The molecule has 110 valence electrons. The fraction of sp³-hybridized carbons (Fsp3) is 0.824. The molecule has 0 aromatic carbocycles. The summed E-state index contributed by atoms with van der Waals surface area (Å²) in [4.78, 5) is 0.